The Morgan fingerprint density at radius 1 is 1.21 bits per heavy atom. The summed E-state index contributed by atoms with van der Waals surface area (Å²) in [5, 5.41) is 0. The Morgan fingerprint density at radius 3 is 2.26 bits per heavy atom. The van der Waals surface area contributed by atoms with Gasteiger partial charge in [-0.3, -0.25) is 4.79 Å². The predicted octanol–water partition coefficient (Wildman–Crippen LogP) is 3.26. The molecule has 0 spiro atoms. The van der Waals surface area contributed by atoms with Crippen LogP contribution in [0.2, 0.25) is 0 Å². The molecule has 2 aliphatic rings. The first kappa shape index (κ1) is 14.7. The Labute approximate surface area is 112 Å². The molecule has 1 saturated carbocycles. The standard InChI is InChI=1S/C14H22F3NO/c1-9(2)11-7-18(8-12(11)15)13(19)10-3-5-14(16,17)6-4-10/h9-12H,3-8H2,1-2H3. The van der Waals surface area contributed by atoms with E-state index in [2.05, 4.69) is 0 Å². The summed E-state index contributed by atoms with van der Waals surface area (Å²) >= 11 is 0. The fourth-order valence-corrected chi connectivity index (χ4v) is 3.14. The quantitative estimate of drug-likeness (QED) is 0.758. The fourth-order valence-electron chi connectivity index (χ4n) is 3.14. The largest absolute Gasteiger partial charge is 0.339 e. The first-order valence-electron chi connectivity index (χ1n) is 7.11. The number of nitrogens with zero attached hydrogens (tertiary/aromatic N) is 1. The second kappa shape index (κ2) is 5.33. The minimum absolute atomic E-state index is 0.117. The Bertz CT molecular complexity index is 336. The number of amides is 1. The Hall–Kier alpha value is -0.740. The minimum atomic E-state index is -2.62. The van der Waals surface area contributed by atoms with E-state index in [4.69, 9.17) is 0 Å². The van der Waals surface area contributed by atoms with Crippen LogP contribution in [0.1, 0.15) is 39.5 Å². The average molecular weight is 277 g/mol. The van der Waals surface area contributed by atoms with Gasteiger partial charge in [0.1, 0.15) is 6.17 Å². The van der Waals surface area contributed by atoms with Crippen LogP contribution in [0, 0.1) is 17.8 Å². The van der Waals surface area contributed by atoms with Crippen LogP contribution in [0.25, 0.3) is 0 Å². The highest BCUT2D eigenvalue weighted by molar-refractivity contribution is 5.79. The molecule has 2 atom stereocenters. The van der Waals surface area contributed by atoms with E-state index in [1.54, 1.807) is 4.90 Å². The highest BCUT2D eigenvalue weighted by Gasteiger charge is 2.42. The normalized spacial score (nSPS) is 32.0. The molecule has 0 aromatic rings. The summed E-state index contributed by atoms with van der Waals surface area (Å²) in [6.45, 7) is 4.47. The van der Waals surface area contributed by atoms with Crippen molar-refractivity contribution >= 4 is 5.91 Å². The van der Waals surface area contributed by atoms with Crippen LogP contribution in [-0.2, 0) is 4.79 Å². The molecule has 2 rings (SSSR count). The van der Waals surface area contributed by atoms with Gasteiger partial charge in [0.25, 0.3) is 0 Å². The third kappa shape index (κ3) is 3.23. The van der Waals surface area contributed by atoms with Crippen molar-refractivity contribution in [3.63, 3.8) is 0 Å². The number of alkyl halides is 3. The van der Waals surface area contributed by atoms with E-state index in [9.17, 15) is 18.0 Å². The lowest BCUT2D eigenvalue weighted by molar-refractivity contribution is -0.138. The summed E-state index contributed by atoms with van der Waals surface area (Å²) in [5.41, 5.74) is 0. The van der Waals surface area contributed by atoms with Gasteiger partial charge in [-0.25, -0.2) is 13.2 Å². The molecule has 19 heavy (non-hydrogen) atoms. The van der Waals surface area contributed by atoms with Crippen molar-refractivity contribution in [3.8, 4) is 0 Å². The molecule has 1 saturated heterocycles. The van der Waals surface area contributed by atoms with Gasteiger partial charge < -0.3 is 4.90 Å². The van der Waals surface area contributed by atoms with Gasteiger partial charge in [0.15, 0.2) is 0 Å². The minimum Gasteiger partial charge on any atom is -0.339 e. The third-order valence-electron chi connectivity index (χ3n) is 4.52. The van der Waals surface area contributed by atoms with E-state index in [0.29, 0.717) is 6.54 Å². The van der Waals surface area contributed by atoms with Crippen LogP contribution < -0.4 is 0 Å². The smallest absolute Gasteiger partial charge is 0.248 e. The summed E-state index contributed by atoms with van der Waals surface area (Å²) in [6.07, 6.45) is -0.959. The van der Waals surface area contributed by atoms with Crippen LogP contribution in [0.4, 0.5) is 13.2 Å². The lowest BCUT2D eigenvalue weighted by atomic mass is 9.86. The van der Waals surface area contributed by atoms with E-state index in [1.165, 1.54) is 0 Å². The van der Waals surface area contributed by atoms with Gasteiger partial charge in [0.05, 0.1) is 6.54 Å². The molecular formula is C14H22F3NO. The molecule has 0 radical (unpaired) electrons. The Balaban J connectivity index is 1.91. The summed E-state index contributed by atoms with van der Waals surface area (Å²) < 4.78 is 40.0. The first-order chi connectivity index (χ1) is 8.80. The summed E-state index contributed by atoms with van der Waals surface area (Å²) in [4.78, 5) is 13.8. The molecule has 1 aliphatic heterocycles. The van der Waals surface area contributed by atoms with Crippen molar-refractivity contribution < 1.29 is 18.0 Å². The number of carbonyl (C=O) groups is 1. The van der Waals surface area contributed by atoms with E-state index < -0.39 is 12.1 Å². The lowest BCUT2D eigenvalue weighted by Crippen LogP contribution is -2.38. The van der Waals surface area contributed by atoms with E-state index in [1.807, 2.05) is 13.8 Å². The molecular weight excluding hydrogens is 255 g/mol. The number of carbonyl (C=O) groups excluding carboxylic acids is 1. The molecule has 5 heteroatoms. The molecule has 1 amide bonds. The first-order valence-corrected chi connectivity index (χ1v) is 7.11. The Kier molecular flexibility index (Phi) is 4.11. The number of hydrogen-bond donors (Lipinski definition) is 0. The van der Waals surface area contributed by atoms with E-state index in [0.717, 1.165) is 0 Å². The molecule has 110 valence electrons. The number of rotatable bonds is 2. The predicted molar refractivity (Wildman–Crippen MR) is 66.7 cm³/mol. The number of halogens is 3. The van der Waals surface area contributed by atoms with Crippen LogP contribution >= 0.6 is 0 Å². The molecule has 2 fully saturated rings. The zero-order chi connectivity index (χ0) is 14.2. The maximum Gasteiger partial charge on any atom is 0.248 e. The van der Waals surface area contributed by atoms with Crippen molar-refractivity contribution in [2.75, 3.05) is 13.1 Å². The van der Waals surface area contributed by atoms with Crippen LogP contribution in [0.3, 0.4) is 0 Å². The topological polar surface area (TPSA) is 20.3 Å². The highest BCUT2D eigenvalue weighted by Crippen LogP contribution is 2.38. The van der Waals surface area contributed by atoms with Gasteiger partial charge in [0, 0.05) is 31.2 Å². The average Bonchev–Trinajstić information content (AvgIpc) is 2.70. The molecule has 1 aliphatic carbocycles. The van der Waals surface area contributed by atoms with Crippen molar-refractivity contribution in [1.82, 2.24) is 4.90 Å². The van der Waals surface area contributed by atoms with Crippen molar-refractivity contribution in [3.05, 3.63) is 0 Å². The zero-order valence-corrected chi connectivity index (χ0v) is 11.5. The third-order valence-corrected chi connectivity index (χ3v) is 4.52. The number of likely N-dealkylation sites (tertiary alicyclic amines) is 1. The molecule has 0 bridgehead atoms. The fraction of sp³-hybridized carbons (Fsp3) is 0.929. The van der Waals surface area contributed by atoms with Crippen molar-refractivity contribution in [1.29, 1.82) is 0 Å². The SMILES string of the molecule is CC(C)C1CN(C(=O)C2CCC(F)(F)CC2)CC1F. The molecule has 1 heterocycles. The van der Waals surface area contributed by atoms with Crippen LogP contribution in [-0.4, -0.2) is 36.0 Å². The van der Waals surface area contributed by atoms with Gasteiger partial charge >= 0.3 is 0 Å². The van der Waals surface area contributed by atoms with Gasteiger partial charge in [-0.05, 0) is 18.8 Å². The van der Waals surface area contributed by atoms with Gasteiger partial charge in [-0.1, -0.05) is 13.8 Å². The Morgan fingerprint density at radius 2 is 1.79 bits per heavy atom. The molecule has 0 aromatic carbocycles. The molecule has 2 unspecified atom stereocenters. The molecule has 2 nitrogen and oxygen atoms in total. The van der Waals surface area contributed by atoms with Gasteiger partial charge in [-0.15, -0.1) is 0 Å². The van der Waals surface area contributed by atoms with Gasteiger partial charge in [-0.2, -0.15) is 0 Å². The second-order valence-corrected chi connectivity index (χ2v) is 6.30. The maximum atomic E-state index is 13.8. The summed E-state index contributed by atoms with van der Waals surface area (Å²) in [6, 6.07) is 0. The zero-order valence-electron chi connectivity index (χ0n) is 11.5. The molecule has 0 aromatic heterocycles. The van der Waals surface area contributed by atoms with Crippen LogP contribution in [0.15, 0.2) is 0 Å². The summed E-state index contributed by atoms with van der Waals surface area (Å²) in [5.74, 6) is -3.00. The van der Waals surface area contributed by atoms with Crippen molar-refractivity contribution in [2.45, 2.75) is 51.6 Å². The van der Waals surface area contributed by atoms with Crippen LogP contribution in [0.5, 0.6) is 0 Å². The number of hydrogen-bond acceptors (Lipinski definition) is 1. The van der Waals surface area contributed by atoms with E-state index >= 15 is 0 Å². The maximum absolute atomic E-state index is 13.8. The summed E-state index contributed by atoms with van der Waals surface area (Å²) in [7, 11) is 0. The lowest BCUT2D eigenvalue weighted by Gasteiger charge is -2.30. The molecule has 0 N–H and O–H groups in total. The van der Waals surface area contributed by atoms with Crippen molar-refractivity contribution in [2.24, 2.45) is 17.8 Å². The second-order valence-electron chi connectivity index (χ2n) is 6.30. The van der Waals surface area contributed by atoms with Gasteiger partial charge in [0.2, 0.25) is 11.8 Å². The highest BCUT2D eigenvalue weighted by atomic mass is 19.3. The van der Waals surface area contributed by atoms with E-state index in [-0.39, 0.29) is 55.9 Å². The monoisotopic (exact) mass is 277 g/mol.